The summed E-state index contributed by atoms with van der Waals surface area (Å²) in [5.74, 6) is -0.788. The average Bonchev–Trinajstić information content (AvgIpc) is 3.16. The molecule has 140 valence electrons. The number of fused-ring (bicyclic) bond motifs is 1. The van der Waals surface area contributed by atoms with Crippen LogP contribution in [0.4, 0.5) is 4.39 Å². The van der Waals surface area contributed by atoms with Gasteiger partial charge in [0.2, 0.25) is 10.0 Å². The summed E-state index contributed by atoms with van der Waals surface area (Å²) in [7, 11) is -3.74. The zero-order chi connectivity index (χ0) is 19.0. The Labute approximate surface area is 159 Å². The molecule has 10 heteroatoms. The van der Waals surface area contributed by atoms with E-state index < -0.39 is 15.8 Å². The van der Waals surface area contributed by atoms with E-state index in [1.165, 1.54) is 33.5 Å². The molecule has 2 heterocycles. The third-order valence-corrected chi connectivity index (χ3v) is 6.94. The molecule has 0 saturated carbocycles. The predicted molar refractivity (Wildman–Crippen MR) is 98.5 cm³/mol. The Morgan fingerprint density at radius 1 is 1.04 bits per heavy atom. The van der Waals surface area contributed by atoms with Gasteiger partial charge >= 0.3 is 0 Å². The van der Waals surface area contributed by atoms with Crippen molar-refractivity contribution in [1.82, 2.24) is 18.0 Å². The molecule has 0 radical (unpaired) electrons. The maximum atomic E-state index is 13.3. The minimum absolute atomic E-state index is 0.124. The molecular weight excluding hydrogens is 391 g/mol. The van der Waals surface area contributed by atoms with E-state index in [0.29, 0.717) is 11.0 Å². The average molecular weight is 406 g/mol. The summed E-state index contributed by atoms with van der Waals surface area (Å²) >= 11 is 0.966. The van der Waals surface area contributed by atoms with Gasteiger partial charge in [0.1, 0.15) is 21.7 Å². The molecule has 7 nitrogen and oxygen atoms in total. The highest BCUT2D eigenvalue weighted by molar-refractivity contribution is 7.89. The lowest BCUT2D eigenvalue weighted by Gasteiger charge is -2.34. The third kappa shape index (κ3) is 3.31. The van der Waals surface area contributed by atoms with E-state index in [9.17, 15) is 17.6 Å². The molecule has 3 aromatic rings. The van der Waals surface area contributed by atoms with Gasteiger partial charge in [0.05, 0.1) is 11.7 Å². The second kappa shape index (κ2) is 6.95. The summed E-state index contributed by atoms with van der Waals surface area (Å²) in [6.45, 7) is 0.800. The molecule has 0 atom stereocenters. The SMILES string of the molecule is O=C(c1cccc(F)c1)N1CCN(S(=O)(=O)c2cccc3nsnc23)CC1. The number of piperazine rings is 1. The fourth-order valence-electron chi connectivity index (χ4n) is 3.06. The lowest BCUT2D eigenvalue weighted by molar-refractivity contribution is 0.0697. The lowest BCUT2D eigenvalue weighted by Crippen LogP contribution is -2.50. The van der Waals surface area contributed by atoms with Crippen LogP contribution in [0.15, 0.2) is 47.4 Å². The molecule has 1 saturated heterocycles. The van der Waals surface area contributed by atoms with Crippen LogP contribution in [0.1, 0.15) is 10.4 Å². The molecule has 1 aromatic heterocycles. The van der Waals surface area contributed by atoms with E-state index in [0.717, 1.165) is 11.7 Å². The third-order valence-electron chi connectivity index (χ3n) is 4.46. The maximum absolute atomic E-state index is 13.3. The van der Waals surface area contributed by atoms with Crippen molar-refractivity contribution in [2.24, 2.45) is 0 Å². The first-order chi connectivity index (χ1) is 13.0. The minimum atomic E-state index is -3.74. The van der Waals surface area contributed by atoms with Gasteiger partial charge in [-0.15, -0.1) is 0 Å². The van der Waals surface area contributed by atoms with Gasteiger partial charge in [0, 0.05) is 31.7 Å². The quantitative estimate of drug-likeness (QED) is 0.664. The van der Waals surface area contributed by atoms with Crippen LogP contribution in [0.5, 0.6) is 0 Å². The molecule has 1 amide bonds. The number of hydrogen-bond donors (Lipinski definition) is 0. The van der Waals surface area contributed by atoms with Crippen molar-refractivity contribution in [1.29, 1.82) is 0 Å². The zero-order valence-electron chi connectivity index (χ0n) is 14.1. The number of amides is 1. The van der Waals surface area contributed by atoms with E-state index in [2.05, 4.69) is 8.75 Å². The molecule has 1 aliphatic rings. The monoisotopic (exact) mass is 406 g/mol. The summed E-state index contributed by atoms with van der Waals surface area (Å²) in [5.41, 5.74) is 1.16. The van der Waals surface area contributed by atoms with Crippen LogP contribution in [-0.2, 0) is 10.0 Å². The second-order valence-corrected chi connectivity index (χ2v) is 8.53. The van der Waals surface area contributed by atoms with Gasteiger partial charge < -0.3 is 4.90 Å². The van der Waals surface area contributed by atoms with Crippen LogP contribution < -0.4 is 0 Å². The number of sulfonamides is 1. The molecule has 1 aliphatic heterocycles. The molecule has 0 spiro atoms. The number of carbonyl (C=O) groups excluding carboxylic acids is 1. The van der Waals surface area contributed by atoms with Crippen molar-refractivity contribution in [3.05, 3.63) is 53.8 Å². The number of nitrogens with zero attached hydrogens (tertiary/aromatic N) is 4. The highest BCUT2D eigenvalue weighted by atomic mass is 32.2. The number of aromatic nitrogens is 2. The Morgan fingerprint density at radius 3 is 2.52 bits per heavy atom. The number of halogens is 1. The number of hydrogen-bond acceptors (Lipinski definition) is 6. The summed E-state index contributed by atoms with van der Waals surface area (Å²) in [6, 6.07) is 10.4. The highest BCUT2D eigenvalue weighted by Crippen LogP contribution is 2.25. The van der Waals surface area contributed by atoms with Gasteiger partial charge in [-0.25, -0.2) is 12.8 Å². The molecule has 1 fully saturated rings. The van der Waals surface area contributed by atoms with Crippen LogP contribution in [0.25, 0.3) is 11.0 Å². The van der Waals surface area contributed by atoms with Crippen molar-refractivity contribution in [2.45, 2.75) is 4.90 Å². The Hall–Kier alpha value is -2.43. The van der Waals surface area contributed by atoms with Gasteiger partial charge in [0.15, 0.2) is 0 Å². The summed E-state index contributed by atoms with van der Waals surface area (Å²) in [5, 5.41) is 0. The van der Waals surface area contributed by atoms with E-state index in [1.807, 2.05) is 0 Å². The smallest absolute Gasteiger partial charge is 0.254 e. The van der Waals surface area contributed by atoms with Crippen LogP contribution in [-0.4, -0.2) is 58.5 Å². The molecule has 0 bridgehead atoms. The van der Waals surface area contributed by atoms with E-state index in [-0.39, 0.29) is 42.5 Å². The van der Waals surface area contributed by atoms with Crippen molar-refractivity contribution in [3.8, 4) is 0 Å². The van der Waals surface area contributed by atoms with Crippen LogP contribution >= 0.6 is 11.7 Å². The zero-order valence-corrected chi connectivity index (χ0v) is 15.7. The lowest BCUT2D eigenvalue weighted by atomic mass is 10.2. The van der Waals surface area contributed by atoms with Crippen LogP contribution in [0.3, 0.4) is 0 Å². The van der Waals surface area contributed by atoms with Crippen molar-refractivity contribution in [2.75, 3.05) is 26.2 Å². The fraction of sp³-hybridized carbons (Fsp3) is 0.235. The molecular formula is C17H15FN4O3S2. The summed E-state index contributed by atoms with van der Waals surface area (Å²) in [6.07, 6.45) is 0. The molecule has 0 unspecified atom stereocenters. The van der Waals surface area contributed by atoms with Gasteiger partial charge in [-0.05, 0) is 30.3 Å². The molecule has 0 aliphatic carbocycles. The molecule has 27 heavy (non-hydrogen) atoms. The largest absolute Gasteiger partial charge is 0.336 e. The van der Waals surface area contributed by atoms with Gasteiger partial charge in [0.25, 0.3) is 5.91 Å². The minimum Gasteiger partial charge on any atom is -0.336 e. The number of benzene rings is 2. The van der Waals surface area contributed by atoms with Gasteiger partial charge in [-0.2, -0.15) is 13.1 Å². The highest BCUT2D eigenvalue weighted by Gasteiger charge is 2.32. The topological polar surface area (TPSA) is 83.5 Å². The normalized spacial score (nSPS) is 16.0. The molecule has 2 aromatic carbocycles. The Kier molecular flexibility index (Phi) is 4.62. The predicted octanol–water partition coefficient (Wildman–Crippen LogP) is 1.98. The Balaban J connectivity index is 1.52. The van der Waals surface area contributed by atoms with Gasteiger partial charge in [-0.3, -0.25) is 4.79 Å². The van der Waals surface area contributed by atoms with Crippen molar-refractivity contribution >= 4 is 38.7 Å². The maximum Gasteiger partial charge on any atom is 0.254 e. The first-order valence-electron chi connectivity index (χ1n) is 8.23. The molecule has 4 rings (SSSR count). The van der Waals surface area contributed by atoms with Crippen molar-refractivity contribution in [3.63, 3.8) is 0 Å². The molecule has 0 N–H and O–H groups in total. The van der Waals surface area contributed by atoms with Crippen LogP contribution in [0, 0.1) is 5.82 Å². The first kappa shape index (κ1) is 18.0. The second-order valence-electron chi connectivity index (χ2n) is 6.09. The standard InChI is InChI=1S/C17H15FN4O3S2/c18-13-4-1-3-12(11-13)17(23)21-7-9-22(10-8-21)27(24,25)15-6-2-5-14-16(15)20-26-19-14/h1-6,11H,7-10H2. The summed E-state index contributed by atoms with van der Waals surface area (Å²) < 4.78 is 48.9. The van der Waals surface area contributed by atoms with E-state index in [4.69, 9.17) is 0 Å². The first-order valence-corrected chi connectivity index (χ1v) is 10.4. The Morgan fingerprint density at radius 2 is 1.78 bits per heavy atom. The van der Waals surface area contributed by atoms with E-state index >= 15 is 0 Å². The van der Waals surface area contributed by atoms with Crippen molar-refractivity contribution < 1.29 is 17.6 Å². The fourth-order valence-corrected chi connectivity index (χ4v) is 5.24. The number of carbonyl (C=O) groups is 1. The Bertz CT molecular complexity index is 1110. The van der Waals surface area contributed by atoms with Crippen LogP contribution in [0.2, 0.25) is 0 Å². The number of rotatable bonds is 3. The van der Waals surface area contributed by atoms with E-state index in [1.54, 1.807) is 18.2 Å². The van der Waals surface area contributed by atoms with Gasteiger partial charge in [-0.1, -0.05) is 12.1 Å². The summed E-state index contributed by atoms with van der Waals surface area (Å²) in [4.78, 5) is 14.2.